The van der Waals surface area contributed by atoms with E-state index in [1.807, 2.05) is 51.1 Å². The largest absolute Gasteiger partial charge is 0.330 e. The normalized spacial score (nSPS) is 13.1. The van der Waals surface area contributed by atoms with E-state index in [-0.39, 0.29) is 5.41 Å². The highest BCUT2D eigenvalue weighted by Gasteiger charge is 2.30. The van der Waals surface area contributed by atoms with Crippen molar-refractivity contribution < 1.29 is 8.42 Å². The Morgan fingerprint density at radius 3 is 2.24 bits per heavy atom. The fourth-order valence-electron chi connectivity index (χ4n) is 2.09. The van der Waals surface area contributed by atoms with Crippen LogP contribution in [0.15, 0.2) is 30.3 Å². The fraction of sp³-hybridized carbons (Fsp3) is 0.600. The molecule has 0 fully saturated rings. The monoisotopic (exact) mass is 313 g/mol. The van der Waals surface area contributed by atoms with Gasteiger partial charge in [-0.3, -0.25) is 0 Å². The van der Waals surface area contributed by atoms with Gasteiger partial charge in [-0.15, -0.1) is 0 Å². The van der Waals surface area contributed by atoms with E-state index in [9.17, 15) is 8.42 Å². The topological polar surface area (TPSA) is 66.6 Å². The van der Waals surface area contributed by atoms with Crippen LogP contribution in [0.5, 0.6) is 0 Å². The van der Waals surface area contributed by atoms with Gasteiger partial charge in [0.25, 0.3) is 10.2 Å². The predicted octanol–water partition coefficient (Wildman–Crippen LogP) is 1.67. The van der Waals surface area contributed by atoms with Crippen molar-refractivity contribution in [3.8, 4) is 0 Å². The number of benzene rings is 1. The van der Waals surface area contributed by atoms with Crippen LogP contribution in [0.25, 0.3) is 0 Å². The lowest BCUT2D eigenvalue weighted by Gasteiger charge is -2.32. The van der Waals surface area contributed by atoms with Crippen LogP contribution in [-0.2, 0) is 16.8 Å². The smallest absolute Gasteiger partial charge is 0.282 e. The van der Waals surface area contributed by atoms with E-state index in [2.05, 4.69) is 0 Å². The Morgan fingerprint density at radius 1 is 1.19 bits per heavy atom. The number of hydrogen-bond acceptors (Lipinski definition) is 3. The molecule has 0 aliphatic heterocycles. The summed E-state index contributed by atoms with van der Waals surface area (Å²) >= 11 is 0. The molecule has 1 aromatic carbocycles. The van der Waals surface area contributed by atoms with Gasteiger partial charge in [0.2, 0.25) is 0 Å². The minimum atomic E-state index is -3.48. The molecule has 0 radical (unpaired) electrons. The second-order valence-corrected chi connectivity index (χ2v) is 8.08. The zero-order chi connectivity index (χ0) is 16.1. The molecule has 0 unspecified atom stereocenters. The highest BCUT2D eigenvalue weighted by Crippen LogP contribution is 2.19. The molecule has 0 aromatic heterocycles. The van der Waals surface area contributed by atoms with Crippen LogP contribution in [0.2, 0.25) is 0 Å². The molecule has 1 aromatic rings. The summed E-state index contributed by atoms with van der Waals surface area (Å²) in [7, 11) is -1.87. The first-order valence-electron chi connectivity index (χ1n) is 7.18. The predicted molar refractivity (Wildman–Crippen MR) is 86.9 cm³/mol. The Bertz CT molecular complexity index is 529. The van der Waals surface area contributed by atoms with E-state index in [4.69, 9.17) is 5.73 Å². The van der Waals surface area contributed by atoms with Crippen molar-refractivity contribution in [1.29, 1.82) is 0 Å². The van der Waals surface area contributed by atoms with Crippen molar-refractivity contribution in [2.45, 2.75) is 27.3 Å². The van der Waals surface area contributed by atoms with Crippen LogP contribution < -0.4 is 5.73 Å². The van der Waals surface area contributed by atoms with E-state index in [0.29, 0.717) is 26.2 Å². The Kier molecular flexibility index (Phi) is 6.34. The van der Waals surface area contributed by atoms with Gasteiger partial charge < -0.3 is 5.73 Å². The van der Waals surface area contributed by atoms with Crippen molar-refractivity contribution in [3.05, 3.63) is 35.9 Å². The van der Waals surface area contributed by atoms with Crippen LogP contribution >= 0.6 is 0 Å². The third-order valence-corrected chi connectivity index (χ3v) is 5.43. The summed E-state index contributed by atoms with van der Waals surface area (Å²) in [6.07, 6.45) is 0. The summed E-state index contributed by atoms with van der Waals surface area (Å²) in [5, 5.41) is 0. The van der Waals surface area contributed by atoms with Gasteiger partial charge in [-0.2, -0.15) is 17.0 Å². The second-order valence-electron chi connectivity index (χ2n) is 6.04. The van der Waals surface area contributed by atoms with E-state index < -0.39 is 10.2 Å². The van der Waals surface area contributed by atoms with Crippen molar-refractivity contribution in [2.24, 2.45) is 11.1 Å². The average molecular weight is 313 g/mol. The summed E-state index contributed by atoms with van der Waals surface area (Å²) in [5.74, 6) is 0. The number of nitrogens with zero attached hydrogens (tertiary/aromatic N) is 2. The molecule has 1 rings (SSSR count). The van der Waals surface area contributed by atoms with E-state index in [1.54, 1.807) is 7.05 Å². The fourth-order valence-corrected chi connectivity index (χ4v) is 3.63. The van der Waals surface area contributed by atoms with Crippen molar-refractivity contribution in [2.75, 3.05) is 26.7 Å². The van der Waals surface area contributed by atoms with Crippen LogP contribution in [-0.4, -0.2) is 43.7 Å². The molecular formula is C15H27N3O2S. The molecule has 6 heteroatoms. The highest BCUT2D eigenvalue weighted by atomic mass is 32.2. The summed E-state index contributed by atoms with van der Waals surface area (Å²) in [4.78, 5) is 0. The van der Waals surface area contributed by atoms with E-state index in [0.717, 1.165) is 5.56 Å². The summed E-state index contributed by atoms with van der Waals surface area (Å²) in [6, 6.07) is 9.61. The van der Waals surface area contributed by atoms with Gasteiger partial charge >= 0.3 is 0 Å². The van der Waals surface area contributed by atoms with Crippen LogP contribution in [0.4, 0.5) is 0 Å². The Morgan fingerprint density at radius 2 is 1.76 bits per heavy atom. The zero-order valence-corrected chi connectivity index (χ0v) is 14.2. The first-order valence-corrected chi connectivity index (χ1v) is 8.58. The van der Waals surface area contributed by atoms with Crippen molar-refractivity contribution in [1.82, 2.24) is 8.61 Å². The van der Waals surface area contributed by atoms with Crippen molar-refractivity contribution >= 4 is 10.2 Å². The average Bonchev–Trinajstić information content (AvgIpc) is 2.45. The number of hydrogen-bond donors (Lipinski definition) is 1. The first kappa shape index (κ1) is 18.1. The minimum absolute atomic E-state index is 0.242. The maximum Gasteiger partial charge on any atom is 0.282 e. The van der Waals surface area contributed by atoms with Gasteiger partial charge in [0.15, 0.2) is 0 Å². The molecule has 0 saturated heterocycles. The lowest BCUT2D eigenvalue weighted by atomic mass is 9.94. The molecule has 21 heavy (non-hydrogen) atoms. The second kappa shape index (κ2) is 7.35. The van der Waals surface area contributed by atoms with Crippen molar-refractivity contribution in [3.63, 3.8) is 0 Å². The van der Waals surface area contributed by atoms with Gasteiger partial charge in [-0.1, -0.05) is 51.1 Å². The molecule has 120 valence electrons. The standard InChI is InChI=1S/C15H27N3O2S/c1-5-18(11-14-9-7-6-8-10-14)21(19,20)17(4)13-15(2,3)12-16/h6-10H,5,11-13,16H2,1-4H3. The van der Waals surface area contributed by atoms with Gasteiger partial charge in [0, 0.05) is 26.7 Å². The lowest BCUT2D eigenvalue weighted by molar-refractivity contribution is 0.272. The lowest BCUT2D eigenvalue weighted by Crippen LogP contribution is -2.46. The van der Waals surface area contributed by atoms with Gasteiger partial charge in [-0.05, 0) is 17.5 Å². The minimum Gasteiger partial charge on any atom is -0.330 e. The van der Waals surface area contributed by atoms with E-state index in [1.165, 1.54) is 8.61 Å². The zero-order valence-electron chi connectivity index (χ0n) is 13.4. The maximum absolute atomic E-state index is 12.7. The maximum atomic E-state index is 12.7. The molecule has 0 amide bonds. The molecule has 0 spiro atoms. The summed E-state index contributed by atoms with van der Waals surface area (Å²) < 4.78 is 28.2. The van der Waals surface area contributed by atoms with Crippen LogP contribution in [0, 0.1) is 5.41 Å². The van der Waals surface area contributed by atoms with Crippen LogP contribution in [0.1, 0.15) is 26.3 Å². The van der Waals surface area contributed by atoms with Gasteiger partial charge in [0.1, 0.15) is 0 Å². The molecular weight excluding hydrogens is 286 g/mol. The Balaban J connectivity index is 2.87. The summed E-state index contributed by atoms with van der Waals surface area (Å²) in [6.45, 7) is 7.44. The first-order chi connectivity index (χ1) is 9.73. The Labute approximate surface area is 128 Å². The molecule has 0 saturated carbocycles. The van der Waals surface area contributed by atoms with Gasteiger partial charge in [0.05, 0.1) is 0 Å². The summed E-state index contributed by atoms with van der Waals surface area (Å²) in [5.41, 5.74) is 6.43. The molecule has 0 aliphatic carbocycles. The number of nitrogens with two attached hydrogens (primary N) is 1. The molecule has 2 N–H and O–H groups in total. The Hall–Kier alpha value is -0.950. The van der Waals surface area contributed by atoms with E-state index >= 15 is 0 Å². The molecule has 0 heterocycles. The SMILES string of the molecule is CCN(Cc1ccccc1)S(=O)(=O)N(C)CC(C)(C)CN. The third-order valence-electron chi connectivity index (χ3n) is 3.48. The number of rotatable bonds is 8. The quantitative estimate of drug-likeness (QED) is 0.794. The van der Waals surface area contributed by atoms with Crippen LogP contribution in [0.3, 0.4) is 0 Å². The third kappa shape index (κ3) is 5.07. The van der Waals surface area contributed by atoms with Gasteiger partial charge in [-0.25, -0.2) is 0 Å². The highest BCUT2D eigenvalue weighted by molar-refractivity contribution is 7.86. The molecule has 0 bridgehead atoms. The molecule has 0 aliphatic rings. The molecule has 5 nitrogen and oxygen atoms in total. The molecule has 0 atom stereocenters.